The molecule has 5 heteroatoms. The van der Waals surface area contributed by atoms with Gasteiger partial charge >= 0.3 is 0 Å². The molecular formula is C16H16ClN3O. The fraction of sp³-hybridized carbons (Fsp3) is 0.125. The summed E-state index contributed by atoms with van der Waals surface area (Å²) in [5.41, 5.74) is 2.43. The van der Waals surface area contributed by atoms with Gasteiger partial charge in [0.25, 0.3) is 0 Å². The average molecular weight is 302 g/mol. The molecule has 2 aromatic rings. The molecule has 0 saturated carbocycles. The summed E-state index contributed by atoms with van der Waals surface area (Å²) in [6.07, 6.45) is 3.08. The molecule has 0 saturated heterocycles. The van der Waals surface area contributed by atoms with Crippen LogP contribution in [0.2, 0.25) is 5.02 Å². The number of phenols is 1. The lowest BCUT2D eigenvalue weighted by Gasteiger charge is -2.12. The first-order chi connectivity index (χ1) is 10.1. The van der Waals surface area contributed by atoms with E-state index in [4.69, 9.17) is 11.6 Å². The molecule has 0 aliphatic rings. The van der Waals surface area contributed by atoms with E-state index in [9.17, 15) is 5.11 Å². The van der Waals surface area contributed by atoms with Crippen molar-refractivity contribution >= 4 is 29.7 Å². The van der Waals surface area contributed by atoms with Crippen LogP contribution in [0.1, 0.15) is 11.1 Å². The molecule has 0 bridgehead atoms. The van der Waals surface area contributed by atoms with Crippen molar-refractivity contribution in [1.82, 2.24) is 0 Å². The van der Waals surface area contributed by atoms with Crippen molar-refractivity contribution in [2.75, 3.05) is 19.0 Å². The minimum absolute atomic E-state index is 0.171. The van der Waals surface area contributed by atoms with E-state index in [1.54, 1.807) is 24.4 Å². The zero-order chi connectivity index (χ0) is 15.2. The van der Waals surface area contributed by atoms with E-state index < -0.39 is 0 Å². The van der Waals surface area contributed by atoms with Gasteiger partial charge in [-0.3, -0.25) is 0 Å². The summed E-state index contributed by atoms with van der Waals surface area (Å²) in [6.45, 7) is 0. The normalized spacial score (nSPS) is 11.4. The number of para-hydroxylation sites is 1. The van der Waals surface area contributed by atoms with Gasteiger partial charge in [0.2, 0.25) is 0 Å². The highest BCUT2D eigenvalue weighted by Gasteiger charge is 2.01. The van der Waals surface area contributed by atoms with Crippen molar-refractivity contribution in [3.8, 4) is 5.75 Å². The van der Waals surface area contributed by atoms with E-state index in [2.05, 4.69) is 10.2 Å². The fourth-order valence-corrected chi connectivity index (χ4v) is 1.91. The molecular weight excluding hydrogens is 286 g/mol. The predicted molar refractivity (Wildman–Crippen MR) is 89.1 cm³/mol. The van der Waals surface area contributed by atoms with Gasteiger partial charge in [-0.05, 0) is 30.3 Å². The number of rotatable bonds is 4. The molecule has 108 valence electrons. The van der Waals surface area contributed by atoms with Gasteiger partial charge in [-0.25, -0.2) is 0 Å². The number of benzene rings is 2. The Morgan fingerprint density at radius 3 is 2.29 bits per heavy atom. The van der Waals surface area contributed by atoms with Crippen molar-refractivity contribution in [3.63, 3.8) is 0 Å². The quantitative estimate of drug-likeness (QED) is 0.693. The molecule has 0 heterocycles. The van der Waals surface area contributed by atoms with Crippen LogP contribution in [0.4, 0.5) is 5.69 Å². The molecule has 2 rings (SSSR count). The van der Waals surface area contributed by atoms with E-state index in [1.165, 1.54) is 6.21 Å². The van der Waals surface area contributed by atoms with E-state index in [0.29, 0.717) is 10.6 Å². The average Bonchev–Trinajstić information content (AvgIpc) is 2.46. The van der Waals surface area contributed by atoms with Crippen LogP contribution >= 0.6 is 11.6 Å². The molecule has 2 aromatic carbocycles. The molecule has 0 atom stereocenters. The Balaban J connectivity index is 2.10. The lowest BCUT2D eigenvalue weighted by atomic mass is 10.2. The van der Waals surface area contributed by atoms with Gasteiger partial charge in [-0.15, -0.1) is 0 Å². The summed E-state index contributed by atoms with van der Waals surface area (Å²) in [5, 5.41) is 18.1. The van der Waals surface area contributed by atoms with Gasteiger partial charge in [0.05, 0.1) is 17.5 Å². The largest absolute Gasteiger partial charge is 0.507 e. The third-order valence-electron chi connectivity index (χ3n) is 2.90. The van der Waals surface area contributed by atoms with Crippen molar-refractivity contribution in [3.05, 3.63) is 58.6 Å². The number of hydrogen-bond donors (Lipinski definition) is 1. The highest BCUT2D eigenvalue weighted by Crippen LogP contribution is 2.21. The second-order valence-corrected chi connectivity index (χ2v) is 5.06. The number of nitrogens with zero attached hydrogens (tertiary/aromatic N) is 3. The topological polar surface area (TPSA) is 48.2 Å². The predicted octanol–water partition coefficient (Wildman–Crippen LogP) is 3.56. The molecule has 0 unspecified atom stereocenters. The second-order valence-electron chi connectivity index (χ2n) is 4.65. The monoisotopic (exact) mass is 301 g/mol. The molecule has 0 fully saturated rings. The molecule has 21 heavy (non-hydrogen) atoms. The van der Waals surface area contributed by atoms with E-state index >= 15 is 0 Å². The van der Waals surface area contributed by atoms with Crippen molar-refractivity contribution in [1.29, 1.82) is 0 Å². The number of anilines is 1. The zero-order valence-electron chi connectivity index (χ0n) is 11.9. The van der Waals surface area contributed by atoms with Crippen LogP contribution in [-0.4, -0.2) is 31.6 Å². The Labute approximate surface area is 129 Å². The van der Waals surface area contributed by atoms with Crippen LogP contribution in [0.25, 0.3) is 0 Å². The summed E-state index contributed by atoms with van der Waals surface area (Å²) in [7, 11) is 3.91. The number of halogens is 1. The number of phenolic OH excluding ortho intramolecular Hbond substituents is 1. The number of hydrogen-bond acceptors (Lipinski definition) is 4. The highest BCUT2D eigenvalue weighted by atomic mass is 35.5. The molecule has 0 spiro atoms. The zero-order valence-corrected chi connectivity index (χ0v) is 12.6. The molecule has 0 aliphatic heterocycles. The van der Waals surface area contributed by atoms with E-state index in [1.807, 2.05) is 43.3 Å². The third-order valence-corrected chi connectivity index (χ3v) is 3.22. The Bertz CT molecular complexity index is 681. The summed E-state index contributed by atoms with van der Waals surface area (Å²) in [5.74, 6) is 0.171. The lowest BCUT2D eigenvalue weighted by molar-refractivity contribution is 0.474. The van der Waals surface area contributed by atoms with Crippen LogP contribution in [0, 0.1) is 0 Å². The first-order valence-electron chi connectivity index (χ1n) is 6.39. The summed E-state index contributed by atoms with van der Waals surface area (Å²) in [4.78, 5) is 1.98. The second kappa shape index (κ2) is 6.90. The smallest absolute Gasteiger partial charge is 0.124 e. The van der Waals surface area contributed by atoms with Gasteiger partial charge in [0, 0.05) is 30.9 Å². The highest BCUT2D eigenvalue weighted by molar-refractivity contribution is 6.33. The van der Waals surface area contributed by atoms with Gasteiger partial charge in [-0.1, -0.05) is 23.7 Å². The molecule has 0 aliphatic carbocycles. The Hall–Kier alpha value is -2.33. The van der Waals surface area contributed by atoms with Gasteiger partial charge < -0.3 is 10.0 Å². The minimum Gasteiger partial charge on any atom is -0.507 e. The fourth-order valence-electron chi connectivity index (χ4n) is 1.69. The number of aromatic hydroxyl groups is 1. The molecule has 1 N–H and O–H groups in total. The standard InChI is InChI=1S/C16H16ClN3O/c1-20(2)14-8-7-12(15(17)9-14)10-18-19-11-13-5-3-4-6-16(13)21/h3-11,21H,1-2H3. The van der Waals surface area contributed by atoms with Crippen LogP contribution in [0.15, 0.2) is 52.7 Å². The van der Waals surface area contributed by atoms with Crippen molar-refractivity contribution < 1.29 is 5.11 Å². The molecule has 0 radical (unpaired) electrons. The van der Waals surface area contributed by atoms with Gasteiger partial charge in [0.15, 0.2) is 0 Å². The lowest BCUT2D eigenvalue weighted by Crippen LogP contribution is -2.08. The Kier molecular flexibility index (Phi) is 4.95. The SMILES string of the molecule is CN(C)c1ccc(C=NN=Cc2ccccc2O)c(Cl)c1. The maximum absolute atomic E-state index is 9.58. The first-order valence-corrected chi connectivity index (χ1v) is 6.77. The van der Waals surface area contributed by atoms with E-state index in [0.717, 1.165) is 11.3 Å². The third kappa shape index (κ3) is 4.07. The van der Waals surface area contributed by atoms with Crippen LogP contribution < -0.4 is 4.90 Å². The van der Waals surface area contributed by atoms with Crippen LogP contribution in [0.3, 0.4) is 0 Å². The van der Waals surface area contributed by atoms with Crippen LogP contribution in [0.5, 0.6) is 5.75 Å². The first kappa shape index (κ1) is 15.1. The summed E-state index contributed by atoms with van der Waals surface area (Å²) < 4.78 is 0. The van der Waals surface area contributed by atoms with Crippen molar-refractivity contribution in [2.45, 2.75) is 0 Å². The maximum atomic E-state index is 9.58. The van der Waals surface area contributed by atoms with Crippen LogP contribution in [-0.2, 0) is 0 Å². The minimum atomic E-state index is 0.171. The van der Waals surface area contributed by atoms with Crippen molar-refractivity contribution in [2.24, 2.45) is 10.2 Å². The Morgan fingerprint density at radius 1 is 1.00 bits per heavy atom. The summed E-state index contributed by atoms with van der Waals surface area (Å²) >= 11 is 6.18. The van der Waals surface area contributed by atoms with E-state index in [-0.39, 0.29) is 5.75 Å². The molecule has 4 nitrogen and oxygen atoms in total. The van der Waals surface area contributed by atoms with Gasteiger partial charge in [-0.2, -0.15) is 10.2 Å². The maximum Gasteiger partial charge on any atom is 0.124 e. The Morgan fingerprint density at radius 2 is 1.67 bits per heavy atom. The molecule has 0 aromatic heterocycles. The summed E-state index contributed by atoms with van der Waals surface area (Å²) in [6, 6.07) is 12.6. The van der Waals surface area contributed by atoms with Gasteiger partial charge in [0.1, 0.15) is 5.75 Å². The molecule has 0 amide bonds.